The van der Waals surface area contributed by atoms with Crippen LogP contribution in [0.4, 0.5) is 4.39 Å². The minimum absolute atomic E-state index is 0.0234. The van der Waals surface area contributed by atoms with E-state index in [1.807, 2.05) is 0 Å². The summed E-state index contributed by atoms with van der Waals surface area (Å²) in [6.07, 6.45) is 4.63. The number of hydrogen-bond acceptors (Lipinski definition) is 1. The number of halogens is 2. The molecule has 0 radical (unpaired) electrons. The van der Waals surface area contributed by atoms with Crippen molar-refractivity contribution in [1.29, 1.82) is 0 Å². The van der Waals surface area contributed by atoms with Gasteiger partial charge in [-0.3, -0.25) is 0 Å². The molecule has 1 aromatic heterocycles. The van der Waals surface area contributed by atoms with Gasteiger partial charge >= 0.3 is 0 Å². The molecule has 2 aromatic rings. The molecular formula is C13H14BrFN2S. The van der Waals surface area contributed by atoms with E-state index < -0.39 is 0 Å². The summed E-state index contributed by atoms with van der Waals surface area (Å²) in [4.78, 5) is 3.18. The predicted molar refractivity (Wildman–Crippen MR) is 76.9 cm³/mol. The van der Waals surface area contributed by atoms with E-state index in [1.165, 1.54) is 12.8 Å². The Kier molecular flexibility index (Phi) is 2.86. The number of nitrogens with zero attached hydrogens (tertiary/aromatic N) is 1. The summed E-state index contributed by atoms with van der Waals surface area (Å²) in [7, 11) is 0. The zero-order valence-electron chi connectivity index (χ0n) is 10.1. The molecular weight excluding hydrogens is 315 g/mol. The molecule has 0 bridgehead atoms. The molecule has 1 saturated carbocycles. The van der Waals surface area contributed by atoms with Crippen molar-refractivity contribution in [3.8, 4) is 0 Å². The Balaban J connectivity index is 2.32. The Labute approximate surface area is 118 Å². The minimum atomic E-state index is -0.244. The number of nitrogens with one attached hydrogen (secondary N) is 1. The van der Waals surface area contributed by atoms with Gasteiger partial charge in [0.25, 0.3) is 0 Å². The molecule has 18 heavy (non-hydrogen) atoms. The van der Waals surface area contributed by atoms with E-state index in [-0.39, 0.29) is 11.4 Å². The van der Waals surface area contributed by atoms with Crippen LogP contribution in [0.15, 0.2) is 16.6 Å². The van der Waals surface area contributed by atoms with Gasteiger partial charge in [-0.2, -0.15) is 0 Å². The molecule has 3 rings (SSSR count). The highest BCUT2D eigenvalue weighted by molar-refractivity contribution is 9.10. The van der Waals surface area contributed by atoms with E-state index in [1.54, 1.807) is 12.1 Å². The zero-order valence-corrected chi connectivity index (χ0v) is 12.5. The lowest BCUT2D eigenvalue weighted by atomic mass is 10.0. The van der Waals surface area contributed by atoms with Crippen LogP contribution in [0.5, 0.6) is 0 Å². The van der Waals surface area contributed by atoms with Gasteiger partial charge in [0.2, 0.25) is 0 Å². The van der Waals surface area contributed by atoms with Gasteiger partial charge in [-0.05, 0) is 54.0 Å². The summed E-state index contributed by atoms with van der Waals surface area (Å²) in [5, 5.41) is 0. The third-order valence-corrected chi connectivity index (χ3v) is 4.84. The van der Waals surface area contributed by atoms with Gasteiger partial charge in [0.15, 0.2) is 4.77 Å². The largest absolute Gasteiger partial charge is 0.331 e. The topological polar surface area (TPSA) is 20.7 Å². The van der Waals surface area contributed by atoms with E-state index in [0.29, 0.717) is 9.24 Å². The van der Waals surface area contributed by atoms with Crippen LogP contribution in [0.3, 0.4) is 0 Å². The number of H-pyrrole nitrogens is 1. The van der Waals surface area contributed by atoms with Gasteiger partial charge in [0.05, 0.1) is 15.5 Å². The van der Waals surface area contributed by atoms with Crippen LogP contribution >= 0.6 is 28.1 Å². The smallest absolute Gasteiger partial charge is 0.178 e. The third-order valence-electron chi connectivity index (χ3n) is 3.94. The van der Waals surface area contributed by atoms with Crippen molar-refractivity contribution >= 4 is 39.2 Å². The molecule has 0 atom stereocenters. The van der Waals surface area contributed by atoms with E-state index in [9.17, 15) is 4.39 Å². The molecule has 0 amide bonds. The van der Waals surface area contributed by atoms with Crippen molar-refractivity contribution in [2.75, 3.05) is 0 Å². The molecule has 5 heteroatoms. The average Bonchev–Trinajstić information content (AvgIpc) is 2.84. The van der Waals surface area contributed by atoms with Crippen LogP contribution in [-0.2, 0) is 5.54 Å². The molecule has 2 nitrogen and oxygen atoms in total. The first-order chi connectivity index (χ1) is 8.51. The predicted octanol–water partition coefficient (Wildman–Crippen LogP) is 4.89. The van der Waals surface area contributed by atoms with Gasteiger partial charge in [-0.25, -0.2) is 4.39 Å². The van der Waals surface area contributed by atoms with Crippen molar-refractivity contribution in [1.82, 2.24) is 9.55 Å². The summed E-state index contributed by atoms with van der Waals surface area (Å²) in [5.74, 6) is -0.244. The standard InChI is InChI=1S/C13H14BrFN2S/c1-13(4-2-3-5-13)17-11-7-9(15)8(14)6-10(11)16-12(17)18/h6-7H,2-5H2,1H3,(H,16,18). The molecule has 0 unspecified atom stereocenters. The maximum Gasteiger partial charge on any atom is 0.178 e. The summed E-state index contributed by atoms with van der Waals surface area (Å²) >= 11 is 8.63. The molecule has 1 aromatic carbocycles. The van der Waals surface area contributed by atoms with Crippen LogP contribution in [0, 0.1) is 10.6 Å². The van der Waals surface area contributed by atoms with E-state index in [0.717, 1.165) is 23.9 Å². The monoisotopic (exact) mass is 328 g/mol. The van der Waals surface area contributed by atoms with Crippen molar-refractivity contribution in [2.24, 2.45) is 0 Å². The van der Waals surface area contributed by atoms with Gasteiger partial charge in [0, 0.05) is 11.6 Å². The molecule has 0 saturated heterocycles. The van der Waals surface area contributed by atoms with Gasteiger partial charge in [-0.1, -0.05) is 12.8 Å². The Hall–Kier alpha value is -0.680. The molecule has 1 fully saturated rings. The van der Waals surface area contributed by atoms with E-state index in [4.69, 9.17) is 12.2 Å². The van der Waals surface area contributed by atoms with Crippen LogP contribution in [0.2, 0.25) is 0 Å². The number of aromatic nitrogens is 2. The Morgan fingerprint density at radius 3 is 2.72 bits per heavy atom. The fourth-order valence-corrected chi connectivity index (χ4v) is 3.77. The highest BCUT2D eigenvalue weighted by atomic mass is 79.9. The lowest BCUT2D eigenvalue weighted by molar-refractivity contribution is 0.335. The number of aromatic amines is 1. The average molecular weight is 329 g/mol. The van der Waals surface area contributed by atoms with Gasteiger partial charge < -0.3 is 9.55 Å². The first kappa shape index (κ1) is 12.4. The van der Waals surface area contributed by atoms with Crippen LogP contribution in [0.25, 0.3) is 11.0 Å². The first-order valence-corrected chi connectivity index (χ1v) is 7.32. The highest BCUT2D eigenvalue weighted by Gasteiger charge is 2.32. The van der Waals surface area contributed by atoms with E-state index in [2.05, 4.69) is 32.4 Å². The summed E-state index contributed by atoms with van der Waals surface area (Å²) in [6, 6.07) is 3.32. The van der Waals surface area contributed by atoms with Gasteiger partial charge in [-0.15, -0.1) is 0 Å². The lowest BCUT2D eigenvalue weighted by Crippen LogP contribution is -2.26. The fraction of sp³-hybridized carbons (Fsp3) is 0.462. The SMILES string of the molecule is CC1(n2c(=S)[nH]c3cc(Br)c(F)cc32)CCCC1. The maximum atomic E-state index is 13.7. The summed E-state index contributed by atoms with van der Waals surface area (Å²) < 4.78 is 17.0. The number of fused-ring (bicyclic) bond motifs is 1. The number of benzene rings is 1. The van der Waals surface area contributed by atoms with Crippen molar-refractivity contribution < 1.29 is 4.39 Å². The molecule has 1 N–H and O–H groups in total. The highest BCUT2D eigenvalue weighted by Crippen LogP contribution is 2.39. The molecule has 1 aliphatic carbocycles. The fourth-order valence-electron chi connectivity index (χ4n) is 3.00. The van der Waals surface area contributed by atoms with Crippen molar-refractivity contribution in [2.45, 2.75) is 38.1 Å². The number of imidazole rings is 1. The van der Waals surface area contributed by atoms with Crippen molar-refractivity contribution in [3.05, 3.63) is 27.2 Å². The second-order valence-corrected chi connectivity index (χ2v) is 6.49. The Morgan fingerprint density at radius 2 is 2.06 bits per heavy atom. The maximum absolute atomic E-state index is 13.7. The quantitative estimate of drug-likeness (QED) is 0.739. The molecule has 96 valence electrons. The molecule has 0 spiro atoms. The Bertz CT molecular complexity index is 667. The van der Waals surface area contributed by atoms with Crippen molar-refractivity contribution in [3.63, 3.8) is 0 Å². The molecule has 1 heterocycles. The van der Waals surface area contributed by atoms with Crippen LogP contribution < -0.4 is 0 Å². The minimum Gasteiger partial charge on any atom is -0.331 e. The first-order valence-electron chi connectivity index (χ1n) is 6.11. The third kappa shape index (κ3) is 1.75. The van der Waals surface area contributed by atoms with Crippen LogP contribution in [-0.4, -0.2) is 9.55 Å². The normalized spacial score (nSPS) is 18.6. The number of rotatable bonds is 1. The molecule has 1 aliphatic rings. The second-order valence-electron chi connectivity index (χ2n) is 5.25. The van der Waals surface area contributed by atoms with Gasteiger partial charge in [0.1, 0.15) is 5.82 Å². The number of hydrogen-bond donors (Lipinski definition) is 1. The van der Waals surface area contributed by atoms with E-state index >= 15 is 0 Å². The Morgan fingerprint density at radius 1 is 1.39 bits per heavy atom. The van der Waals surface area contributed by atoms with Crippen LogP contribution in [0.1, 0.15) is 32.6 Å². The summed E-state index contributed by atoms with van der Waals surface area (Å²) in [5.41, 5.74) is 1.78. The second kappa shape index (κ2) is 4.17. The molecule has 0 aliphatic heterocycles. The summed E-state index contributed by atoms with van der Waals surface area (Å²) in [6.45, 7) is 2.21. The lowest BCUT2D eigenvalue weighted by Gasteiger charge is -2.26. The zero-order chi connectivity index (χ0) is 12.9.